The highest BCUT2D eigenvalue weighted by Gasteiger charge is 2.20. The molecule has 1 rings (SSSR count). The van der Waals surface area contributed by atoms with Gasteiger partial charge in [0.1, 0.15) is 0 Å². The molecular weight excluding hydrogens is 583 g/mol. The van der Waals surface area contributed by atoms with E-state index in [0.29, 0.717) is 13.0 Å². The third-order valence-corrected chi connectivity index (χ3v) is 6.42. The zero-order valence-corrected chi connectivity index (χ0v) is 17.2. The average Bonchev–Trinajstić information content (AvgIpc) is 2.31. The van der Waals surface area contributed by atoms with Gasteiger partial charge in [-0.2, -0.15) is 0 Å². The van der Waals surface area contributed by atoms with E-state index in [1.54, 1.807) is 0 Å². The number of hydrogen-bond donors (Lipinski definition) is 2. The van der Waals surface area contributed by atoms with Crippen LogP contribution in [-0.2, 0) is 0 Å². The summed E-state index contributed by atoms with van der Waals surface area (Å²) in [4.78, 5) is 12.2. The average molecular weight is 599 g/mol. The molecule has 0 bridgehead atoms. The second-order valence-electron chi connectivity index (χ2n) is 5.07. The Labute approximate surface area is 154 Å². The SMILES string of the molecule is CC(C)(CCO)CNC(=O)c1cc(I)cc(I)c1I. The summed E-state index contributed by atoms with van der Waals surface area (Å²) in [6.07, 6.45) is 0.675. The Hall–Kier alpha value is 0.840. The summed E-state index contributed by atoms with van der Waals surface area (Å²) in [5, 5.41) is 11.9. The molecule has 0 aliphatic heterocycles. The molecule has 2 N–H and O–H groups in total. The number of carbonyl (C=O) groups is 1. The first-order chi connectivity index (χ1) is 8.76. The lowest BCUT2D eigenvalue weighted by Crippen LogP contribution is -2.35. The Morgan fingerprint density at radius 1 is 1.32 bits per heavy atom. The monoisotopic (exact) mass is 599 g/mol. The van der Waals surface area contributed by atoms with E-state index in [0.717, 1.165) is 16.3 Å². The minimum Gasteiger partial charge on any atom is -0.396 e. The number of halogens is 3. The Kier molecular flexibility index (Phi) is 7.28. The second kappa shape index (κ2) is 7.74. The summed E-state index contributed by atoms with van der Waals surface area (Å²) in [5.41, 5.74) is 0.627. The lowest BCUT2D eigenvalue weighted by Gasteiger charge is -2.24. The molecule has 0 spiro atoms. The van der Waals surface area contributed by atoms with Gasteiger partial charge in [-0.25, -0.2) is 0 Å². The van der Waals surface area contributed by atoms with Crippen LogP contribution in [0.4, 0.5) is 0 Å². The fraction of sp³-hybridized carbons (Fsp3) is 0.462. The van der Waals surface area contributed by atoms with E-state index in [4.69, 9.17) is 5.11 Å². The van der Waals surface area contributed by atoms with Gasteiger partial charge in [-0.1, -0.05) is 13.8 Å². The van der Waals surface area contributed by atoms with E-state index in [9.17, 15) is 4.79 Å². The van der Waals surface area contributed by atoms with Gasteiger partial charge in [0, 0.05) is 23.9 Å². The smallest absolute Gasteiger partial charge is 0.252 e. The molecule has 0 atom stereocenters. The first-order valence-corrected chi connectivity index (χ1v) is 9.04. The summed E-state index contributed by atoms with van der Waals surface area (Å²) in [6.45, 7) is 4.77. The number of aliphatic hydroxyl groups excluding tert-OH is 1. The Bertz CT molecular complexity index is 475. The molecule has 0 aromatic heterocycles. The number of amides is 1. The molecule has 0 aliphatic rings. The van der Waals surface area contributed by atoms with Gasteiger partial charge < -0.3 is 10.4 Å². The Morgan fingerprint density at radius 3 is 2.53 bits per heavy atom. The molecule has 6 heteroatoms. The van der Waals surface area contributed by atoms with E-state index < -0.39 is 0 Å². The molecule has 0 unspecified atom stereocenters. The molecule has 0 radical (unpaired) electrons. The standard InChI is InChI=1S/C13H16I3NO2/c1-13(2,3-4-18)7-17-12(19)9-5-8(14)6-10(15)11(9)16/h5-6,18H,3-4,7H2,1-2H3,(H,17,19). The van der Waals surface area contributed by atoms with Gasteiger partial charge in [0.05, 0.1) is 5.56 Å². The number of benzene rings is 1. The number of carbonyl (C=O) groups excluding carboxylic acids is 1. The molecule has 1 amide bonds. The van der Waals surface area contributed by atoms with E-state index >= 15 is 0 Å². The zero-order valence-electron chi connectivity index (χ0n) is 10.8. The van der Waals surface area contributed by atoms with Crippen LogP contribution in [0.5, 0.6) is 0 Å². The largest absolute Gasteiger partial charge is 0.396 e. The molecule has 106 valence electrons. The van der Waals surface area contributed by atoms with Crippen LogP contribution in [0.3, 0.4) is 0 Å². The van der Waals surface area contributed by atoms with Crippen LogP contribution < -0.4 is 5.32 Å². The predicted molar refractivity (Wildman–Crippen MR) is 102 cm³/mol. The maximum Gasteiger partial charge on any atom is 0.252 e. The number of hydrogen-bond acceptors (Lipinski definition) is 2. The Morgan fingerprint density at radius 2 is 1.95 bits per heavy atom. The first-order valence-electron chi connectivity index (χ1n) is 5.80. The summed E-state index contributed by atoms with van der Waals surface area (Å²) in [7, 11) is 0. The minimum absolute atomic E-state index is 0.0492. The fourth-order valence-corrected chi connectivity index (χ4v) is 3.93. The number of rotatable bonds is 5. The van der Waals surface area contributed by atoms with Crippen LogP contribution in [0.25, 0.3) is 0 Å². The molecule has 0 heterocycles. The van der Waals surface area contributed by atoms with Crippen molar-refractivity contribution in [3.63, 3.8) is 0 Å². The summed E-state index contributed by atoms with van der Waals surface area (Å²) in [5.74, 6) is -0.0492. The van der Waals surface area contributed by atoms with Crippen molar-refractivity contribution in [2.24, 2.45) is 5.41 Å². The maximum atomic E-state index is 12.2. The normalized spacial score (nSPS) is 11.5. The van der Waals surface area contributed by atoms with Crippen molar-refractivity contribution in [2.45, 2.75) is 20.3 Å². The van der Waals surface area contributed by atoms with Crippen LogP contribution >= 0.6 is 67.8 Å². The van der Waals surface area contributed by atoms with Gasteiger partial charge in [-0.15, -0.1) is 0 Å². The predicted octanol–water partition coefficient (Wildman–Crippen LogP) is 3.64. The van der Waals surface area contributed by atoms with Gasteiger partial charge in [-0.05, 0) is 91.7 Å². The molecule has 0 fully saturated rings. The van der Waals surface area contributed by atoms with E-state index in [1.165, 1.54) is 0 Å². The third-order valence-electron chi connectivity index (χ3n) is 2.75. The number of nitrogens with one attached hydrogen (secondary N) is 1. The lowest BCUT2D eigenvalue weighted by molar-refractivity contribution is 0.0927. The summed E-state index contributed by atoms with van der Waals surface area (Å²) >= 11 is 6.66. The molecule has 0 saturated heterocycles. The topological polar surface area (TPSA) is 49.3 Å². The van der Waals surface area contributed by atoms with Crippen LogP contribution in [-0.4, -0.2) is 24.2 Å². The third kappa shape index (κ3) is 5.62. The van der Waals surface area contributed by atoms with Crippen LogP contribution in [0.15, 0.2) is 12.1 Å². The zero-order chi connectivity index (χ0) is 14.6. The quantitative estimate of drug-likeness (QED) is 0.402. The van der Waals surface area contributed by atoms with Crippen molar-refractivity contribution in [2.75, 3.05) is 13.2 Å². The Balaban J connectivity index is 2.80. The molecule has 19 heavy (non-hydrogen) atoms. The van der Waals surface area contributed by atoms with Crippen molar-refractivity contribution < 1.29 is 9.90 Å². The highest BCUT2D eigenvalue weighted by Crippen LogP contribution is 2.23. The van der Waals surface area contributed by atoms with Crippen molar-refractivity contribution in [1.29, 1.82) is 0 Å². The van der Waals surface area contributed by atoms with Gasteiger partial charge in [0.25, 0.3) is 5.91 Å². The minimum atomic E-state index is -0.0923. The molecule has 0 saturated carbocycles. The molecule has 1 aromatic carbocycles. The highest BCUT2D eigenvalue weighted by atomic mass is 127. The van der Waals surface area contributed by atoms with Crippen molar-refractivity contribution in [3.05, 3.63) is 28.4 Å². The molecule has 1 aromatic rings. The van der Waals surface area contributed by atoms with Gasteiger partial charge in [0.2, 0.25) is 0 Å². The van der Waals surface area contributed by atoms with Crippen LogP contribution in [0.2, 0.25) is 0 Å². The lowest BCUT2D eigenvalue weighted by atomic mass is 9.89. The van der Waals surface area contributed by atoms with Gasteiger partial charge in [0.15, 0.2) is 0 Å². The van der Waals surface area contributed by atoms with Gasteiger partial charge >= 0.3 is 0 Å². The van der Waals surface area contributed by atoms with Crippen molar-refractivity contribution in [1.82, 2.24) is 5.32 Å². The second-order valence-corrected chi connectivity index (χ2v) is 8.56. The van der Waals surface area contributed by atoms with Gasteiger partial charge in [-0.3, -0.25) is 4.79 Å². The van der Waals surface area contributed by atoms with Crippen molar-refractivity contribution in [3.8, 4) is 0 Å². The molecule has 3 nitrogen and oxygen atoms in total. The van der Waals surface area contributed by atoms with E-state index in [1.807, 2.05) is 19.9 Å². The summed E-state index contributed by atoms with van der Waals surface area (Å²) in [6, 6.07) is 3.95. The highest BCUT2D eigenvalue weighted by molar-refractivity contribution is 14.1. The maximum absolute atomic E-state index is 12.2. The molecular formula is C13H16I3NO2. The van der Waals surface area contributed by atoms with E-state index in [2.05, 4.69) is 79.2 Å². The first kappa shape index (κ1) is 17.9. The van der Waals surface area contributed by atoms with E-state index in [-0.39, 0.29) is 17.9 Å². The molecule has 0 aliphatic carbocycles. The van der Waals surface area contributed by atoms with Crippen LogP contribution in [0, 0.1) is 16.1 Å². The fourth-order valence-electron chi connectivity index (χ4n) is 1.53. The summed E-state index contributed by atoms with van der Waals surface area (Å²) < 4.78 is 3.13. The van der Waals surface area contributed by atoms with Crippen LogP contribution in [0.1, 0.15) is 30.6 Å². The van der Waals surface area contributed by atoms with Crippen molar-refractivity contribution >= 4 is 73.7 Å². The number of aliphatic hydroxyl groups is 1.